The van der Waals surface area contributed by atoms with Gasteiger partial charge in [-0.3, -0.25) is 0 Å². The number of aldehydes is 1. The maximum absolute atomic E-state index is 13.6. The number of ether oxygens (including phenoxy) is 2. The Morgan fingerprint density at radius 3 is 2.96 bits per heavy atom. The summed E-state index contributed by atoms with van der Waals surface area (Å²) < 4.78 is 39.7. The van der Waals surface area contributed by atoms with Crippen molar-refractivity contribution in [3.05, 3.63) is 24.4 Å². The average molecular weight is 394 g/mol. The van der Waals surface area contributed by atoms with Crippen molar-refractivity contribution in [3.63, 3.8) is 0 Å². The van der Waals surface area contributed by atoms with Crippen LogP contribution in [0.15, 0.2) is 24.4 Å². The van der Waals surface area contributed by atoms with Crippen molar-refractivity contribution in [1.29, 1.82) is 0 Å². The number of carbonyl (C=O) groups excluding carboxylic acids is 1. The third-order valence-electron chi connectivity index (χ3n) is 4.55. The van der Waals surface area contributed by atoms with Crippen LogP contribution in [0.1, 0.15) is 6.92 Å². The number of imidazole rings is 1. The summed E-state index contributed by atoms with van der Waals surface area (Å²) in [5.41, 5.74) is 1.71. The van der Waals surface area contributed by atoms with Crippen molar-refractivity contribution < 1.29 is 23.0 Å². The highest BCUT2D eigenvalue weighted by Gasteiger charge is 2.30. The molecule has 0 aliphatic carbocycles. The second-order valence-electron chi connectivity index (χ2n) is 6.38. The standard InChI is InChI=1S/C19H24F2N4O3/c1-3-22-13-4-5-14-16(10-13)28-9-7-24-11-17(23-19(14)24)25(6-8-26)15(12-27-2)18(20)21/h4-5,8,10-11,15,18,22H,3,6-7,9,12H2,1-2H3. The zero-order valence-electron chi connectivity index (χ0n) is 15.9. The number of alkyl halides is 2. The lowest BCUT2D eigenvalue weighted by Gasteiger charge is -2.29. The molecule has 1 aromatic carbocycles. The fourth-order valence-electron chi connectivity index (χ4n) is 3.27. The minimum absolute atomic E-state index is 0.197. The number of anilines is 2. The Labute approximate surface area is 162 Å². The van der Waals surface area contributed by atoms with Gasteiger partial charge in [0.25, 0.3) is 6.43 Å². The normalized spacial score (nSPS) is 13.9. The molecule has 1 aromatic heterocycles. The topological polar surface area (TPSA) is 68.6 Å². The van der Waals surface area contributed by atoms with Crippen molar-refractivity contribution in [2.45, 2.75) is 25.9 Å². The fourth-order valence-corrected chi connectivity index (χ4v) is 3.27. The van der Waals surface area contributed by atoms with Gasteiger partial charge in [0.15, 0.2) is 0 Å². The molecule has 1 aliphatic heterocycles. The molecule has 1 unspecified atom stereocenters. The zero-order chi connectivity index (χ0) is 20.1. The van der Waals surface area contributed by atoms with E-state index in [9.17, 15) is 13.6 Å². The van der Waals surface area contributed by atoms with Crippen molar-refractivity contribution in [1.82, 2.24) is 9.55 Å². The van der Waals surface area contributed by atoms with Crippen molar-refractivity contribution >= 4 is 17.8 Å². The second kappa shape index (κ2) is 9.01. The van der Waals surface area contributed by atoms with Crippen LogP contribution in [0, 0.1) is 0 Å². The second-order valence-corrected chi connectivity index (χ2v) is 6.38. The Kier molecular flexibility index (Phi) is 6.45. The predicted molar refractivity (Wildman–Crippen MR) is 102 cm³/mol. The molecule has 3 rings (SSSR count). The Morgan fingerprint density at radius 1 is 1.46 bits per heavy atom. The lowest BCUT2D eigenvalue weighted by Crippen LogP contribution is -2.45. The highest BCUT2D eigenvalue weighted by Crippen LogP contribution is 2.36. The number of hydrogen-bond acceptors (Lipinski definition) is 6. The number of carbonyl (C=O) groups is 1. The summed E-state index contributed by atoms with van der Waals surface area (Å²) >= 11 is 0. The molecule has 0 bridgehead atoms. The molecule has 9 heteroatoms. The number of methoxy groups -OCH3 is 1. The summed E-state index contributed by atoms with van der Waals surface area (Å²) in [6.07, 6.45) is -0.407. The van der Waals surface area contributed by atoms with Crippen molar-refractivity contribution in [3.8, 4) is 17.1 Å². The molecule has 1 atom stereocenters. The number of hydrogen-bond donors (Lipinski definition) is 1. The number of benzene rings is 1. The van der Waals surface area contributed by atoms with E-state index >= 15 is 0 Å². The molecule has 2 aromatic rings. The molecule has 0 amide bonds. The zero-order valence-corrected chi connectivity index (χ0v) is 15.9. The first-order chi connectivity index (χ1) is 13.6. The number of nitrogens with one attached hydrogen (secondary N) is 1. The monoisotopic (exact) mass is 394 g/mol. The summed E-state index contributed by atoms with van der Waals surface area (Å²) in [7, 11) is 1.35. The first-order valence-corrected chi connectivity index (χ1v) is 9.14. The molecule has 1 N–H and O–H groups in total. The molecule has 28 heavy (non-hydrogen) atoms. The van der Waals surface area contributed by atoms with E-state index in [1.54, 1.807) is 6.20 Å². The third kappa shape index (κ3) is 4.09. The van der Waals surface area contributed by atoms with Gasteiger partial charge in [-0.05, 0) is 19.1 Å². The maximum atomic E-state index is 13.6. The van der Waals surface area contributed by atoms with Gasteiger partial charge >= 0.3 is 0 Å². The number of aromatic nitrogens is 2. The Bertz CT molecular complexity index is 812. The molecule has 0 radical (unpaired) electrons. The van der Waals surface area contributed by atoms with E-state index in [0.29, 0.717) is 36.8 Å². The smallest absolute Gasteiger partial charge is 0.260 e. The van der Waals surface area contributed by atoms with E-state index < -0.39 is 12.5 Å². The van der Waals surface area contributed by atoms with Crippen LogP contribution in [-0.2, 0) is 16.1 Å². The van der Waals surface area contributed by atoms with Gasteiger partial charge in [0.2, 0.25) is 0 Å². The van der Waals surface area contributed by atoms with Gasteiger partial charge in [-0.15, -0.1) is 0 Å². The first kappa shape index (κ1) is 20.1. The fraction of sp³-hybridized carbons (Fsp3) is 0.474. The van der Waals surface area contributed by atoms with Crippen LogP contribution in [0.2, 0.25) is 0 Å². The Balaban J connectivity index is 2.00. The minimum Gasteiger partial charge on any atom is -0.491 e. The van der Waals surface area contributed by atoms with Crippen LogP contribution < -0.4 is 15.0 Å². The van der Waals surface area contributed by atoms with E-state index in [0.717, 1.165) is 17.8 Å². The molecular formula is C19H24F2N4O3. The summed E-state index contributed by atoms with van der Waals surface area (Å²) in [5, 5.41) is 3.23. The molecule has 152 valence electrons. The quantitative estimate of drug-likeness (QED) is 0.660. The minimum atomic E-state index is -2.68. The van der Waals surface area contributed by atoms with E-state index in [1.807, 2.05) is 29.7 Å². The summed E-state index contributed by atoms with van der Waals surface area (Å²) in [4.78, 5) is 17.0. The van der Waals surface area contributed by atoms with Crippen LogP contribution in [0.25, 0.3) is 11.4 Å². The highest BCUT2D eigenvalue weighted by atomic mass is 19.3. The lowest BCUT2D eigenvalue weighted by molar-refractivity contribution is -0.107. The van der Waals surface area contributed by atoms with Crippen LogP contribution in [-0.4, -0.2) is 61.7 Å². The molecule has 7 nitrogen and oxygen atoms in total. The average Bonchev–Trinajstić information content (AvgIpc) is 3.01. The SMILES string of the molecule is CCNc1ccc2c(c1)OCCn1cc(N(CC=O)C(COC)C(F)F)nc1-2. The number of rotatable bonds is 9. The molecule has 0 fully saturated rings. The van der Waals surface area contributed by atoms with Crippen LogP contribution in [0.4, 0.5) is 20.3 Å². The largest absolute Gasteiger partial charge is 0.491 e. The third-order valence-corrected chi connectivity index (χ3v) is 4.55. The number of nitrogens with zero attached hydrogens (tertiary/aromatic N) is 3. The molecule has 0 saturated heterocycles. The molecule has 1 aliphatic rings. The molecular weight excluding hydrogens is 370 g/mol. The molecule has 0 saturated carbocycles. The van der Waals surface area contributed by atoms with Gasteiger partial charge in [0.05, 0.1) is 25.3 Å². The van der Waals surface area contributed by atoms with E-state index in [4.69, 9.17) is 9.47 Å². The van der Waals surface area contributed by atoms with E-state index in [1.165, 1.54) is 12.0 Å². The van der Waals surface area contributed by atoms with Gasteiger partial charge < -0.3 is 29.1 Å². The van der Waals surface area contributed by atoms with Gasteiger partial charge in [0.1, 0.15) is 36.3 Å². The number of halogens is 2. The first-order valence-electron chi connectivity index (χ1n) is 9.14. The van der Waals surface area contributed by atoms with Gasteiger partial charge in [-0.2, -0.15) is 0 Å². The van der Waals surface area contributed by atoms with E-state index in [-0.39, 0.29) is 13.2 Å². The van der Waals surface area contributed by atoms with E-state index in [2.05, 4.69) is 10.3 Å². The van der Waals surface area contributed by atoms with Gasteiger partial charge in [-0.1, -0.05) is 0 Å². The van der Waals surface area contributed by atoms with Crippen molar-refractivity contribution in [2.75, 3.05) is 43.6 Å². The summed E-state index contributed by atoms with van der Waals surface area (Å²) in [6.45, 7) is 3.33. The number of fused-ring (bicyclic) bond motifs is 3. The van der Waals surface area contributed by atoms with Gasteiger partial charge in [0, 0.05) is 31.6 Å². The Morgan fingerprint density at radius 2 is 2.29 bits per heavy atom. The molecule has 2 heterocycles. The summed E-state index contributed by atoms with van der Waals surface area (Å²) in [5.74, 6) is 1.61. The molecule has 0 spiro atoms. The highest BCUT2D eigenvalue weighted by molar-refractivity contribution is 5.71. The lowest BCUT2D eigenvalue weighted by atomic mass is 10.1. The van der Waals surface area contributed by atoms with Crippen LogP contribution >= 0.6 is 0 Å². The maximum Gasteiger partial charge on any atom is 0.260 e. The predicted octanol–water partition coefficient (Wildman–Crippen LogP) is 2.66. The van der Waals surface area contributed by atoms with Gasteiger partial charge in [-0.25, -0.2) is 13.8 Å². The van der Waals surface area contributed by atoms with Crippen LogP contribution in [0.5, 0.6) is 5.75 Å². The van der Waals surface area contributed by atoms with Crippen molar-refractivity contribution in [2.24, 2.45) is 0 Å². The Hall–Kier alpha value is -2.68. The van der Waals surface area contributed by atoms with Crippen LogP contribution in [0.3, 0.4) is 0 Å². The summed E-state index contributed by atoms with van der Waals surface area (Å²) in [6, 6.07) is 4.46.